The molecule has 1 aliphatic carbocycles. The maximum Gasteiger partial charge on any atom is 0.405 e. The normalized spacial score (nSPS) is 23.7. The number of carboxylic acid groups (broad SMARTS) is 1. The summed E-state index contributed by atoms with van der Waals surface area (Å²) >= 11 is 3.53. The predicted octanol–water partition coefficient (Wildman–Crippen LogP) is 4.82. The summed E-state index contributed by atoms with van der Waals surface area (Å²) < 4.78 is 1.02. The number of aromatic nitrogens is 2. The number of likely N-dealkylation sites (tertiary alicyclic amines) is 1. The Morgan fingerprint density at radius 2 is 2.06 bits per heavy atom. The maximum absolute atomic E-state index is 13.5. The Morgan fingerprint density at radius 3 is 2.81 bits per heavy atom. The summed E-state index contributed by atoms with van der Waals surface area (Å²) in [6.07, 6.45) is 1.79. The fourth-order valence-corrected chi connectivity index (χ4v) is 5.78. The number of imidazole rings is 1. The number of H-pyrrole nitrogens is 1. The molecular weight excluding hydrogens is 460 g/mol. The number of aromatic amines is 1. The Kier molecular flexibility index (Phi) is 4.92. The first-order valence-corrected chi connectivity index (χ1v) is 11.5. The fourth-order valence-electron chi connectivity index (χ4n) is 5.40. The van der Waals surface area contributed by atoms with E-state index in [0.29, 0.717) is 5.92 Å². The van der Waals surface area contributed by atoms with Crippen molar-refractivity contribution in [2.75, 3.05) is 0 Å². The van der Waals surface area contributed by atoms with E-state index in [1.165, 1.54) is 0 Å². The van der Waals surface area contributed by atoms with E-state index < -0.39 is 12.1 Å². The molecule has 2 aliphatic rings. The van der Waals surface area contributed by atoms with Gasteiger partial charge in [0.1, 0.15) is 11.9 Å². The number of benzene rings is 2. The third-order valence-electron chi connectivity index (χ3n) is 6.79. The Labute approximate surface area is 188 Å². The van der Waals surface area contributed by atoms with Gasteiger partial charge in [0.15, 0.2) is 0 Å². The van der Waals surface area contributed by atoms with E-state index in [2.05, 4.69) is 44.4 Å². The SMILES string of the molecule is CC(C)[C@H](NC(=O)O)C(=O)N1[C@@H]2CC[C@@H](C2)[C@H]1c1nc2ccc3cc(Br)ccc3c2[nH]1. The van der Waals surface area contributed by atoms with Crippen LogP contribution in [0.4, 0.5) is 4.79 Å². The van der Waals surface area contributed by atoms with E-state index in [0.717, 1.165) is 51.4 Å². The van der Waals surface area contributed by atoms with Crippen LogP contribution in [0.15, 0.2) is 34.8 Å². The molecule has 2 aromatic carbocycles. The molecule has 0 unspecified atom stereocenters. The van der Waals surface area contributed by atoms with Crippen LogP contribution in [0.5, 0.6) is 0 Å². The van der Waals surface area contributed by atoms with Crippen molar-refractivity contribution in [1.82, 2.24) is 20.2 Å². The smallest absolute Gasteiger partial charge is 0.405 e. The third kappa shape index (κ3) is 3.37. The molecule has 0 spiro atoms. The van der Waals surface area contributed by atoms with Gasteiger partial charge in [-0.2, -0.15) is 0 Å². The molecule has 8 heteroatoms. The van der Waals surface area contributed by atoms with E-state index >= 15 is 0 Å². The highest BCUT2D eigenvalue weighted by molar-refractivity contribution is 9.10. The van der Waals surface area contributed by atoms with Gasteiger partial charge in [0, 0.05) is 15.9 Å². The number of fused-ring (bicyclic) bond motifs is 5. The predicted molar refractivity (Wildman–Crippen MR) is 122 cm³/mol. The molecule has 2 heterocycles. The van der Waals surface area contributed by atoms with Gasteiger partial charge in [-0.1, -0.05) is 41.9 Å². The van der Waals surface area contributed by atoms with E-state index in [4.69, 9.17) is 4.98 Å². The first-order chi connectivity index (χ1) is 14.8. The molecule has 1 aromatic heterocycles. The summed E-state index contributed by atoms with van der Waals surface area (Å²) in [7, 11) is 0. The highest BCUT2D eigenvalue weighted by Gasteiger charge is 2.51. The van der Waals surface area contributed by atoms with Crippen molar-refractivity contribution in [2.45, 2.75) is 51.2 Å². The molecular formula is C23H25BrN4O3. The zero-order valence-corrected chi connectivity index (χ0v) is 19.0. The number of hydrogen-bond donors (Lipinski definition) is 3. The van der Waals surface area contributed by atoms with E-state index in [9.17, 15) is 14.7 Å². The number of amides is 2. The molecule has 1 saturated heterocycles. The van der Waals surface area contributed by atoms with Gasteiger partial charge in [-0.05, 0) is 54.7 Å². The van der Waals surface area contributed by atoms with Crippen molar-refractivity contribution in [3.8, 4) is 0 Å². The Balaban J connectivity index is 1.56. The van der Waals surface area contributed by atoms with Crippen molar-refractivity contribution < 1.29 is 14.7 Å². The van der Waals surface area contributed by atoms with Gasteiger partial charge < -0.3 is 20.3 Å². The van der Waals surface area contributed by atoms with Crippen molar-refractivity contribution in [2.24, 2.45) is 11.8 Å². The van der Waals surface area contributed by atoms with E-state index in [-0.39, 0.29) is 23.9 Å². The van der Waals surface area contributed by atoms with Gasteiger partial charge in [-0.3, -0.25) is 4.79 Å². The Hall–Kier alpha value is -2.61. The second kappa shape index (κ2) is 7.51. The van der Waals surface area contributed by atoms with Crippen molar-refractivity contribution in [1.29, 1.82) is 0 Å². The van der Waals surface area contributed by atoms with Gasteiger partial charge in [0.25, 0.3) is 0 Å². The molecule has 7 nitrogen and oxygen atoms in total. The molecule has 1 aliphatic heterocycles. The van der Waals surface area contributed by atoms with Crippen LogP contribution in [0.3, 0.4) is 0 Å². The van der Waals surface area contributed by atoms with Gasteiger partial charge in [0.05, 0.1) is 17.1 Å². The van der Waals surface area contributed by atoms with Crippen LogP contribution >= 0.6 is 15.9 Å². The molecule has 0 radical (unpaired) electrons. The lowest BCUT2D eigenvalue weighted by molar-refractivity contribution is -0.139. The standard InChI is InChI=1S/C23H25BrN4O3/c1-11(2)18(27-23(30)31)22(29)28-15-6-3-13(10-15)20(28)21-25-17-8-4-12-9-14(24)5-7-16(12)19(17)26-21/h4-5,7-9,11,13,15,18,20,27H,3,6,10H2,1-2H3,(H,25,26)(H,30,31)/t13-,15+,18-,20-/m0/s1. The highest BCUT2D eigenvalue weighted by Crippen LogP contribution is 2.50. The van der Waals surface area contributed by atoms with Crippen LogP contribution in [-0.2, 0) is 4.79 Å². The summed E-state index contributed by atoms with van der Waals surface area (Å²) in [5.74, 6) is 0.849. The Morgan fingerprint density at radius 1 is 1.26 bits per heavy atom. The lowest BCUT2D eigenvalue weighted by atomic mass is 9.95. The number of piperidine rings is 1. The molecule has 31 heavy (non-hydrogen) atoms. The first-order valence-electron chi connectivity index (χ1n) is 10.7. The summed E-state index contributed by atoms with van der Waals surface area (Å²) in [5, 5.41) is 13.9. The van der Waals surface area contributed by atoms with Gasteiger partial charge in [-0.15, -0.1) is 0 Å². The fraction of sp³-hybridized carbons (Fsp3) is 0.435. The minimum atomic E-state index is -1.17. The number of nitrogens with zero attached hydrogens (tertiary/aromatic N) is 2. The van der Waals surface area contributed by atoms with Crippen LogP contribution < -0.4 is 5.32 Å². The largest absolute Gasteiger partial charge is 0.465 e. The average molecular weight is 485 g/mol. The number of halogens is 1. The zero-order chi connectivity index (χ0) is 21.9. The molecule has 1 saturated carbocycles. The quantitative estimate of drug-likeness (QED) is 0.494. The summed E-state index contributed by atoms with van der Waals surface area (Å²) in [4.78, 5) is 35.1. The number of carbonyl (C=O) groups excluding carboxylic acids is 1. The average Bonchev–Trinajstić information content (AvgIpc) is 3.44. The number of carbonyl (C=O) groups is 2. The third-order valence-corrected chi connectivity index (χ3v) is 7.28. The summed E-state index contributed by atoms with van der Waals surface area (Å²) in [6.45, 7) is 3.74. The van der Waals surface area contributed by atoms with E-state index in [1.807, 2.05) is 30.9 Å². The molecule has 162 valence electrons. The second-order valence-electron chi connectivity index (χ2n) is 9.04. The first kappa shape index (κ1) is 20.3. The monoisotopic (exact) mass is 484 g/mol. The zero-order valence-electron chi connectivity index (χ0n) is 17.4. The van der Waals surface area contributed by atoms with E-state index in [1.54, 1.807) is 0 Å². The van der Waals surface area contributed by atoms with Gasteiger partial charge in [0.2, 0.25) is 5.91 Å². The van der Waals surface area contributed by atoms with Gasteiger partial charge in [-0.25, -0.2) is 9.78 Å². The maximum atomic E-state index is 13.5. The minimum absolute atomic E-state index is 0.138. The minimum Gasteiger partial charge on any atom is -0.465 e. The topological polar surface area (TPSA) is 98.3 Å². The van der Waals surface area contributed by atoms with Crippen LogP contribution in [0.1, 0.15) is 45.0 Å². The molecule has 3 N–H and O–H groups in total. The Bertz CT molecular complexity index is 1190. The molecule has 2 fully saturated rings. The molecule has 3 aromatic rings. The van der Waals surface area contributed by atoms with Crippen LogP contribution in [0.25, 0.3) is 21.8 Å². The second-order valence-corrected chi connectivity index (χ2v) is 9.95. The van der Waals surface area contributed by atoms with Crippen LogP contribution in [0, 0.1) is 11.8 Å². The van der Waals surface area contributed by atoms with Crippen molar-refractivity contribution in [3.05, 3.63) is 40.6 Å². The number of nitrogens with one attached hydrogen (secondary N) is 2. The lowest BCUT2D eigenvalue weighted by Crippen LogP contribution is -2.53. The molecule has 5 rings (SSSR count). The molecule has 2 bridgehead atoms. The molecule has 4 atom stereocenters. The highest BCUT2D eigenvalue weighted by atomic mass is 79.9. The number of hydrogen-bond acceptors (Lipinski definition) is 3. The van der Waals surface area contributed by atoms with Crippen molar-refractivity contribution >= 4 is 49.7 Å². The van der Waals surface area contributed by atoms with Gasteiger partial charge >= 0.3 is 6.09 Å². The number of rotatable bonds is 4. The van der Waals surface area contributed by atoms with Crippen LogP contribution in [0.2, 0.25) is 0 Å². The summed E-state index contributed by atoms with van der Waals surface area (Å²) in [5.41, 5.74) is 1.85. The molecule has 2 amide bonds. The van der Waals surface area contributed by atoms with Crippen molar-refractivity contribution in [3.63, 3.8) is 0 Å². The summed E-state index contributed by atoms with van der Waals surface area (Å²) in [6, 6.07) is 9.45. The van der Waals surface area contributed by atoms with Crippen LogP contribution in [-0.4, -0.2) is 44.1 Å². The lowest BCUT2D eigenvalue weighted by Gasteiger charge is -2.37.